The minimum atomic E-state index is -0.771. The van der Waals surface area contributed by atoms with Crippen molar-refractivity contribution in [2.45, 2.75) is 63.0 Å². The number of aryl methyl sites for hydroxylation is 2. The molecule has 1 atom stereocenters. The number of fused-ring (bicyclic) bond motifs is 3. The molecule has 5 rings (SSSR count). The van der Waals surface area contributed by atoms with Crippen molar-refractivity contribution in [1.82, 2.24) is 24.6 Å². The molecule has 0 aliphatic heterocycles. The molecule has 3 heterocycles. The number of ether oxygens (including phenoxy) is 1. The number of hydrogen-bond acceptors (Lipinski definition) is 8. The van der Waals surface area contributed by atoms with Crippen LogP contribution < -0.4 is 10.1 Å². The molecule has 0 aromatic carbocycles. The van der Waals surface area contributed by atoms with E-state index in [1.165, 1.54) is 4.88 Å². The highest BCUT2D eigenvalue weighted by molar-refractivity contribution is 7.19. The third-order valence-corrected chi connectivity index (χ3v) is 7.95. The fraction of sp³-hybridized carbons (Fsp3) is 0.565. The van der Waals surface area contributed by atoms with E-state index in [1.807, 2.05) is 13.2 Å². The first-order valence-electron chi connectivity index (χ1n) is 11.5. The minimum absolute atomic E-state index is 0.0150. The van der Waals surface area contributed by atoms with Gasteiger partial charge in [-0.3, -0.25) is 9.48 Å². The largest absolute Gasteiger partial charge is 0.481 e. The van der Waals surface area contributed by atoms with Crippen LogP contribution in [0.25, 0.3) is 10.2 Å². The van der Waals surface area contributed by atoms with Crippen LogP contribution in [-0.4, -0.2) is 62.0 Å². The number of aliphatic carboxylic acids is 1. The number of carboxylic acid groups (broad SMARTS) is 1. The molecule has 0 saturated heterocycles. The van der Waals surface area contributed by atoms with Crippen LogP contribution in [-0.2, 0) is 18.3 Å². The van der Waals surface area contributed by atoms with Gasteiger partial charge in [0.2, 0.25) is 11.8 Å². The summed E-state index contributed by atoms with van der Waals surface area (Å²) in [5.41, 5.74) is 1.89. The van der Waals surface area contributed by atoms with Crippen LogP contribution in [0.15, 0.2) is 12.4 Å². The maximum absolute atomic E-state index is 11.5. The van der Waals surface area contributed by atoms with Crippen molar-refractivity contribution < 1.29 is 14.6 Å². The number of nitrogens with zero attached hydrogens (tertiary/aromatic N) is 5. The van der Waals surface area contributed by atoms with Crippen LogP contribution >= 0.6 is 11.3 Å². The third kappa shape index (κ3) is 4.54. The Morgan fingerprint density at radius 1 is 1.27 bits per heavy atom. The number of aromatic nitrogens is 4. The van der Waals surface area contributed by atoms with Crippen LogP contribution in [0.1, 0.15) is 54.9 Å². The second-order valence-electron chi connectivity index (χ2n) is 9.34. The van der Waals surface area contributed by atoms with Gasteiger partial charge in [-0.15, -0.1) is 11.3 Å². The van der Waals surface area contributed by atoms with Crippen LogP contribution in [0, 0.1) is 0 Å². The van der Waals surface area contributed by atoms with Crippen LogP contribution in [0.5, 0.6) is 5.88 Å². The fourth-order valence-electron chi connectivity index (χ4n) is 5.11. The molecule has 0 spiro atoms. The van der Waals surface area contributed by atoms with Crippen LogP contribution in [0.4, 0.5) is 11.6 Å². The summed E-state index contributed by atoms with van der Waals surface area (Å²) in [7, 11) is 6.13. The van der Waals surface area contributed by atoms with Gasteiger partial charge in [0, 0.05) is 24.2 Å². The van der Waals surface area contributed by atoms with Crippen molar-refractivity contribution in [2.75, 3.05) is 19.4 Å². The molecular weight excluding hydrogens is 440 g/mol. The van der Waals surface area contributed by atoms with Gasteiger partial charge < -0.3 is 20.1 Å². The van der Waals surface area contributed by atoms with Gasteiger partial charge in [0.1, 0.15) is 10.9 Å². The predicted octanol–water partition coefficient (Wildman–Crippen LogP) is 3.92. The van der Waals surface area contributed by atoms with Crippen molar-refractivity contribution in [3.05, 3.63) is 22.8 Å². The van der Waals surface area contributed by atoms with Gasteiger partial charge in [-0.1, -0.05) is 0 Å². The van der Waals surface area contributed by atoms with Crippen molar-refractivity contribution >= 4 is 39.2 Å². The first-order chi connectivity index (χ1) is 15.9. The molecule has 2 aliphatic rings. The Kier molecular flexibility index (Phi) is 5.96. The number of carboxylic acids is 1. The SMILES string of the molecule is Cn1cc(Nc2nc(O[C@H]3CC[C@H](N(C)C)CC3)c3c4c(sc3n2)CCC4CC(=O)O)cn1. The lowest BCUT2D eigenvalue weighted by molar-refractivity contribution is -0.137. The van der Waals surface area contributed by atoms with E-state index in [9.17, 15) is 9.90 Å². The molecule has 9 nitrogen and oxygen atoms in total. The summed E-state index contributed by atoms with van der Waals surface area (Å²) >= 11 is 1.64. The summed E-state index contributed by atoms with van der Waals surface area (Å²) in [6.07, 6.45) is 9.70. The summed E-state index contributed by atoms with van der Waals surface area (Å²) in [5.74, 6) is 0.267. The Morgan fingerprint density at radius 2 is 2.06 bits per heavy atom. The average Bonchev–Trinajstić information content (AvgIpc) is 3.44. The van der Waals surface area contributed by atoms with E-state index in [-0.39, 0.29) is 18.4 Å². The number of thiophene rings is 1. The zero-order chi connectivity index (χ0) is 23.1. The number of nitrogens with one attached hydrogen (secondary N) is 1. The molecule has 2 N–H and O–H groups in total. The maximum Gasteiger partial charge on any atom is 0.303 e. The van der Waals surface area contributed by atoms with E-state index < -0.39 is 5.97 Å². The fourth-order valence-corrected chi connectivity index (χ4v) is 6.37. The second kappa shape index (κ2) is 8.90. The number of carbonyl (C=O) groups is 1. The van der Waals surface area contributed by atoms with Gasteiger partial charge in [0.25, 0.3) is 0 Å². The molecule has 1 fully saturated rings. The summed E-state index contributed by atoms with van der Waals surface area (Å²) in [6.45, 7) is 0. The predicted molar refractivity (Wildman–Crippen MR) is 128 cm³/mol. The normalized spacial score (nSPS) is 22.6. The van der Waals surface area contributed by atoms with E-state index in [0.717, 1.165) is 60.0 Å². The molecule has 1 unspecified atom stereocenters. The second-order valence-corrected chi connectivity index (χ2v) is 10.4. The van der Waals surface area contributed by atoms with Crippen LogP contribution in [0.2, 0.25) is 0 Å². The van der Waals surface area contributed by atoms with Gasteiger partial charge in [-0.05, 0) is 64.1 Å². The van der Waals surface area contributed by atoms with E-state index in [0.29, 0.717) is 17.9 Å². The van der Waals surface area contributed by atoms with Gasteiger partial charge in [-0.2, -0.15) is 10.1 Å². The Morgan fingerprint density at radius 3 is 2.73 bits per heavy atom. The number of hydrogen-bond donors (Lipinski definition) is 2. The zero-order valence-corrected chi connectivity index (χ0v) is 20.1. The summed E-state index contributed by atoms with van der Waals surface area (Å²) in [4.78, 5) is 25.4. The van der Waals surface area contributed by atoms with Gasteiger partial charge >= 0.3 is 5.97 Å². The minimum Gasteiger partial charge on any atom is -0.481 e. The van der Waals surface area contributed by atoms with Crippen molar-refractivity contribution in [1.29, 1.82) is 0 Å². The molecule has 3 aromatic heterocycles. The van der Waals surface area contributed by atoms with E-state index in [4.69, 9.17) is 14.7 Å². The lowest BCUT2D eigenvalue weighted by atomic mass is 9.92. The molecule has 33 heavy (non-hydrogen) atoms. The zero-order valence-electron chi connectivity index (χ0n) is 19.2. The van der Waals surface area contributed by atoms with E-state index >= 15 is 0 Å². The molecule has 0 bridgehead atoms. The Bertz CT molecular complexity index is 1160. The first kappa shape index (κ1) is 22.1. The Hall–Kier alpha value is -2.72. The van der Waals surface area contributed by atoms with Gasteiger partial charge in [-0.25, -0.2) is 4.98 Å². The monoisotopic (exact) mass is 470 g/mol. The smallest absolute Gasteiger partial charge is 0.303 e. The van der Waals surface area contributed by atoms with Gasteiger partial charge in [0.05, 0.1) is 23.7 Å². The molecule has 2 aliphatic carbocycles. The lowest BCUT2D eigenvalue weighted by Gasteiger charge is -2.32. The van der Waals surface area contributed by atoms with E-state index in [2.05, 4.69) is 29.4 Å². The highest BCUT2D eigenvalue weighted by atomic mass is 32.1. The highest BCUT2D eigenvalue weighted by Gasteiger charge is 2.33. The van der Waals surface area contributed by atoms with Gasteiger partial charge in [0.15, 0.2) is 0 Å². The number of anilines is 2. The Balaban J connectivity index is 1.50. The summed E-state index contributed by atoms with van der Waals surface area (Å²) in [5, 5.41) is 17.8. The maximum atomic E-state index is 11.5. The molecule has 1 saturated carbocycles. The molecule has 3 aromatic rings. The molecule has 0 amide bonds. The van der Waals surface area contributed by atoms with Crippen molar-refractivity contribution in [3.8, 4) is 5.88 Å². The topological polar surface area (TPSA) is 105 Å². The van der Waals surface area contributed by atoms with Crippen molar-refractivity contribution in [2.24, 2.45) is 7.05 Å². The Labute approximate surface area is 196 Å². The first-order valence-corrected chi connectivity index (χ1v) is 12.3. The van der Waals surface area contributed by atoms with E-state index in [1.54, 1.807) is 22.2 Å². The standard InChI is InChI=1S/C23H30N6O3S/c1-28(2)15-5-7-16(8-6-15)32-21-20-19-13(10-18(30)31)4-9-17(19)33-22(20)27-23(26-21)25-14-11-24-29(3)12-14/h11-13,15-16H,4-10H2,1-3H3,(H,30,31)(H,25,26,27)/t13?,15-,16-. The molecule has 0 radical (unpaired) electrons. The molecule has 176 valence electrons. The number of rotatable bonds is 7. The average molecular weight is 471 g/mol. The summed E-state index contributed by atoms with van der Waals surface area (Å²) < 4.78 is 8.27. The molecular formula is C23H30N6O3S. The van der Waals surface area contributed by atoms with Crippen LogP contribution in [0.3, 0.4) is 0 Å². The molecule has 10 heteroatoms. The third-order valence-electron chi connectivity index (χ3n) is 6.79. The summed E-state index contributed by atoms with van der Waals surface area (Å²) in [6, 6.07) is 0.586. The van der Waals surface area contributed by atoms with Crippen molar-refractivity contribution in [3.63, 3.8) is 0 Å². The highest BCUT2D eigenvalue weighted by Crippen LogP contribution is 2.48. The lowest BCUT2D eigenvalue weighted by Crippen LogP contribution is -2.35. The quantitative estimate of drug-likeness (QED) is 0.535.